The van der Waals surface area contributed by atoms with Crippen molar-refractivity contribution >= 4 is 0 Å². The van der Waals surface area contributed by atoms with E-state index in [0.29, 0.717) is 11.3 Å². The Morgan fingerprint density at radius 1 is 0.867 bits per heavy atom. The summed E-state index contributed by atoms with van der Waals surface area (Å²) >= 11 is 0. The number of phenols is 1. The Kier molecular flexibility index (Phi) is 5.78. The summed E-state index contributed by atoms with van der Waals surface area (Å²) in [5.74, 6) is -0.00157. The maximum Gasteiger partial charge on any atom is 0.161 e. The van der Waals surface area contributed by atoms with Crippen LogP contribution in [-0.4, -0.2) is 34.6 Å². The molecular formula is C26H34O4. The van der Waals surface area contributed by atoms with Gasteiger partial charge in [0.2, 0.25) is 0 Å². The Morgan fingerprint density at radius 2 is 1.33 bits per heavy atom. The maximum atomic E-state index is 11.3. The van der Waals surface area contributed by atoms with Gasteiger partial charge in [-0.25, -0.2) is 0 Å². The lowest BCUT2D eigenvalue weighted by Gasteiger charge is -2.54. The molecule has 0 amide bonds. The largest absolute Gasteiger partial charge is 0.504 e. The molecule has 2 aliphatic carbocycles. The first-order chi connectivity index (χ1) is 14.0. The topological polar surface area (TPSA) is 69.9 Å². The minimum Gasteiger partial charge on any atom is -0.504 e. The fraction of sp³-hybridized carbons (Fsp3) is 0.462. The molecule has 1 aromatic rings. The Morgan fingerprint density at radius 3 is 1.73 bits per heavy atom. The molecule has 2 aliphatic rings. The van der Waals surface area contributed by atoms with Gasteiger partial charge < -0.3 is 20.1 Å². The molecule has 0 fully saturated rings. The van der Waals surface area contributed by atoms with Crippen LogP contribution in [0, 0.1) is 10.8 Å². The van der Waals surface area contributed by atoms with Gasteiger partial charge in [-0.2, -0.15) is 0 Å². The van der Waals surface area contributed by atoms with Crippen molar-refractivity contribution in [3.63, 3.8) is 0 Å². The molecule has 4 atom stereocenters. The van der Waals surface area contributed by atoms with Crippen LogP contribution < -0.4 is 4.74 Å². The van der Waals surface area contributed by atoms with E-state index in [1.54, 1.807) is 6.07 Å². The molecule has 30 heavy (non-hydrogen) atoms. The predicted octanol–water partition coefficient (Wildman–Crippen LogP) is 5.03. The normalized spacial score (nSPS) is 32.6. The summed E-state index contributed by atoms with van der Waals surface area (Å²) in [6, 6.07) is 5.43. The zero-order valence-corrected chi connectivity index (χ0v) is 19.0. The quantitative estimate of drug-likeness (QED) is 0.651. The number of rotatable bonds is 4. The Bertz CT molecular complexity index is 915. The third-order valence-corrected chi connectivity index (χ3v) is 7.42. The fourth-order valence-electron chi connectivity index (χ4n) is 5.40. The van der Waals surface area contributed by atoms with Gasteiger partial charge in [0.25, 0.3) is 0 Å². The van der Waals surface area contributed by atoms with E-state index in [9.17, 15) is 15.3 Å². The molecule has 0 aromatic heterocycles. The number of hydrogen-bond donors (Lipinski definition) is 3. The van der Waals surface area contributed by atoms with Crippen LogP contribution >= 0.6 is 0 Å². The van der Waals surface area contributed by atoms with E-state index in [4.69, 9.17) is 4.74 Å². The van der Waals surface area contributed by atoms with E-state index in [1.165, 1.54) is 7.11 Å². The second-order valence-corrected chi connectivity index (χ2v) is 9.26. The summed E-state index contributed by atoms with van der Waals surface area (Å²) in [7, 11) is 1.52. The Balaban J connectivity index is 2.35. The maximum absolute atomic E-state index is 11.3. The van der Waals surface area contributed by atoms with Crippen LogP contribution in [0.4, 0.5) is 0 Å². The van der Waals surface area contributed by atoms with E-state index in [2.05, 4.69) is 12.2 Å². The standard InChI is InChI=1S/C26H34O4/c1-15-11-17(3)25(5,21(27)13-15)24(19-9-8-10-20(30-7)23(19)29)26(6)18(4)12-16(2)14-22(26)28/h8-14,21-22,24,27-29H,1-7H3. The molecule has 0 saturated heterocycles. The molecule has 0 aliphatic heterocycles. The van der Waals surface area contributed by atoms with E-state index in [0.717, 1.165) is 22.3 Å². The van der Waals surface area contributed by atoms with Gasteiger partial charge in [0.05, 0.1) is 19.3 Å². The van der Waals surface area contributed by atoms with Crippen LogP contribution in [-0.2, 0) is 0 Å². The van der Waals surface area contributed by atoms with Gasteiger partial charge in [-0.05, 0) is 33.8 Å². The molecule has 1 aromatic carbocycles. The van der Waals surface area contributed by atoms with Crippen LogP contribution in [0.5, 0.6) is 11.5 Å². The summed E-state index contributed by atoms with van der Waals surface area (Å²) in [6.07, 6.45) is 6.32. The second kappa shape index (κ2) is 7.75. The molecule has 0 heterocycles. The summed E-state index contributed by atoms with van der Waals surface area (Å²) in [6.45, 7) is 12.0. The van der Waals surface area contributed by atoms with Crippen molar-refractivity contribution in [1.82, 2.24) is 0 Å². The predicted molar refractivity (Wildman–Crippen MR) is 121 cm³/mol. The van der Waals surface area contributed by atoms with Crippen LogP contribution in [0.2, 0.25) is 0 Å². The van der Waals surface area contributed by atoms with Crippen LogP contribution in [0.15, 0.2) is 64.8 Å². The van der Waals surface area contributed by atoms with Crippen LogP contribution in [0.3, 0.4) is 0 Å². The number of aliphatic hydroxyl groups excluding tert-OH is 2. The lowest BCUT2D eigenvalue weighted by atomic mass is 9.50. The number of benzene rings is 1. The number of methoxy groups -OCH3 is 1. The van der Waals surface area contributed by atoms with E-state index in [1.807, 2.05) is 65.8 Å². The highest BCUT2D eigenvalue weighted by molar-refractivity contribution is 5.53. The van der Waals surface area contributed by atoms with Crippen molar-refractivity contribution in [2.24, 2.45) is 10.8 Å². The molecule has 0 spiro atoms. The van der Waals surface area contributed by atoms with Crippen molar-refractivity contribution < 1.29 is 20.1 Å². The molecule has 4 unspecified atom stereocenters. The van der Waals surface area contributed by atoms with Crippen LogP contribution in [0.25, 0.3) is 0 Å². The monoisotopic (exact) mass is 410 g/mol. The Hall–Kier alpha value is -2.30. The third-order valence-electron chi connectivity index (χ3n) is 7.42. The van der Waals surface area contributed by atoms with Crippen LogP contribution in [0.1, 0.15) is 53.0 Å². The van der Waals surface area contributed by atoms with E-state index < -0.39 is 29.0 Å². The Labute approximate surface area is 179 Å². The fourth-order valence-corrected chi connectivity index (χ4v) is 5.40. The van der Waals surface area contributed by atoms with Gasteiger partial charge in [0, 0.05) is 22.3 Å². The van der Waals surface area contributed by atoms with Gasteiger partial charge in [0.1, 0.15) is 0 Å². The number of aliphatic hydroxyl groups is 2. The number of para-hydroxylation sites is 1. The molecular weight excluding hydrogens is 376 g/mol. The number of hydrogen-bond acceptors (Lipinski definition) is 4. The SMILES string of the molecule is COc1cccc(C(C2(C)C(C)=CC(C)=CC2O)C2(C)C(C)=CC(C)=CC2O)c1O. The second-order valence-electron chi connectivity index (χ2n) is 9.26. The van der Waals surface area contributed by atoms with Crippen molar-refractivity contribution in [2.45, 2.75) is 59.7 Å². The molecule has 0 bridgehead atoms. The van der Waals surface area contributed by atoms with Gasteiger partial charge >= 0.3 is 0 Å². The average Bonchev–Trinajstić information content (AvgIpc) is 2.66. The zero-order chi connectivity index (χ0) is 22.4. The van der Waals surface area contributed by atoms with E-state index in [-0.39, 0.29) is 5.75 Å². The highest BCUT2D eigenvalue weighted by Gasteiger charge is 2.56. The molecule has 4 nitrogen and oxygen atoms in total. The van der Waals surface area contributed by atoms with Gasteiger partial charge in [0.15, 0.2) is 11.5 Å². The first-order valence-electron chi connectivity index (χ1n) is 10.4. The summed E-state index contributed by atoms with van der Waals surface area (Å²) in [5, 5.41) is 33.8. The lowest BCUT2D eigenvalue weighted by Crippen LogP contribution is -2.51. The summed E-state index contributed by atoms with van der Waals surface area (Å²) in [5.41, 5.74) is 3.16. The van der Waals surface area contributed by atoms with Crippen molar-refractivity contribution in [3.8, 4) is 11.5 Å². The smallest absolute Gasteiger partial charge is 0.161 e. The first-order valence-corrected chi connectivity index (χ1v) is 10.4. The molecule has 3 N–H and O–H groups in total. The van der Waals surface area contributed by atoms with E-state index >= 15 is 0 Å². The number of ether oxygens (including phenoxy) is 1. The minimum absolute atomic E-state index is 0.0463. The third kappa shape index (κ3) is 3.23. The molecule has 0 saturated carbocycles. The molecule has 162 valence electrons. The van der Waals surface area contributed by atoms with Crippen molar-refractivity contribution in [1.29, 1.82) is 0 Å². The zero-order valence-electron chi connectivity index (χ0n) is 19.0. The van der Waals surface area contributed by atoms with Crippen molar-refractivity contribution in [3.05, 3.63) is 70.4 Å². The summed E-state index contributed by atoms with van der Waals surface area (Å²) in [4.78, 5) is 0. The lowest BCUT2D eigenvalue weighted by molar-refractivity contribution is -0.00546. The first kappa shape index (κ1) is 22.4. The molecule has 0 radical (unpaired) electrons. The highest BCUT2D eigenvalue weighted by atomic mass is 16.5. The highest BCUT2D eigenvalue weighted by Crippen LogP contribution is 2.61. The average molecular weight is 411 g/mol. The number of allylic oxidation sites excluding steroid dienone is 4. The van der Waals surface area contributed by atoms with Gasteiger partial charge in [-0.1, -0.05) is 72.6 Å². The summed E-state index contributed by atoms with van der Waals surface area (Å²) < 4.78 is 5.39. The molecule has 4 heteroatoms. The minimum atomic E-state index is -0.776. The number of aromatic hydroxyl groups is 1. The molecule has 3 rings (SSSR count). The van der Waals surface area contributed by atoms with Crippen molar-refractivity contribution in [2.75, 3.05) is 7.11 Å². The number of phenolic OH excluding ortho intramolecular Hbond substituents is 1. The van der Waals surface area contributed by atoms with Gasteiger partial charge in [-0.3, -0.25) is 0 Å². The van der Waals surface area contributed by atoms with Gasteiger partial charge in [-0.15, -0.1) is 0 Å².